The first-order valence-electron chi connectivity index (χ1n) is 4.85. The van der Waals surface area contributed by atoms with Crippen LogP contribution in [0.2, 0.25) is 0 Å². The van der Waals surface area contributed by atoms with Crippen LogP contribution in [0.3, 0.4) is 0 Å². The van der Waals surface area contributed by atoms with E-state index in [1.54, 1.807) is 5.57 Å². The van der Waals surface area contributed by atoms with Gasteiger partial charge in [-0.2, -0.15) is 0 Å². The van der Waals surface area contributed by atoms with E-state index in [9.17, 15) is 0 Å². The van der Waals surface area contributed by atoms with Gasteiger partial charge in [-0.1, -0.05) is 20.8 Å². The van der Waals surface area contributed by atoms with Crippen molar-refractivity contribution in [2.45, 2.75) is 33.6 Å². The molecule has 68 valence electrons. The third kappa shape index (κ3) is 0.797. The van der Waals surface area contributed by atoms with Crippen molar-refractivity contribution in [1.29, 1.82) is 0 Å². The molecule has 0 aromatic carbocycles. The number of rotatable bonds is 1. The highest BCUT2D eigenvalue weighted by atomic mass is 16.5. The minimum Gasteiger partial charge on any atom is -0.501 e. The lowest BCUT2D eigenvalue weighted by molar-refractivity contribution is 0.0681. The van der Waals surface area contributed by atoms with Gasteiger partial charge in [0.15, 0.2) is 0 Å². The van der Waals surface area contributed by atoms with E-state index in [1.165, 1.54) is 18.6 Å². The molecule has 0 spiro atoms. The number of fused-ring (bicyclic) bond motifs is 2. The Labute approximate surface area is 74.8 Å². The van der Waals surface area contributed by atoms with Gasteiger partial charge in [0.2, 0.25) is 0 Å². The Hall–Kier alpha value is -0.460. The summed E-state index contributed by atoms with van der Waals surface area (Å²) in [5, 5.41) is 0. The molecule has 3 aliphatic carbocycles. The Kier molecular flexibility index (Phi) is 1.54. The number of allylic oxidation sites excluding steroid dienone is 2. The molecule has 0 aliphatic heterocycles. The molecule has 3 aliphatic rings. The zero-order valence-electron chi connectivity index (χ0n) is 8.48. The van der Waals surface area contributed by atoms with Crippen LogP contribution in [0.4, 0.5) is 0 Å². The lowest BCUT2D eigenvalue weighted by Gasteiger charge is -2.53. The van der Waals surface area contributed by atoms with Crippen molar-refractivity contribution in [2.24, 2.45) is 17.3 Å². The van der Waals surface area contributed by atoms with E-state index >= 15 is 0 Å². The van der Waals surface area contributed by atoms with Gasteiger partial charge in [0.1, 0.15) is 0 Å². The van der Waals surface area contributed by atoms with Crippen LogP contribution in [-0.4, -0.2) is 7.11 Å². The maximum atomic E-state index is 5.47. The summed E-state index contributed by atoms with van der Waals surface area (Å²) in [6.45, 7) is 6.98. The maximum Gasteiger partial charge on any atom is 0.0981 e. The van der Waals surface area contributed by atoms with E-state index in [2.05, 4.69) is 20.8 Å². The predicted molar refractivity (Wildman–Crippen MR) is 49.7 cm³/mol. The average Bonchev–Trinajstić information content (AvgIpc) is 2.03. The second-order valence-electron chi connectivity index (χ2n) is 4.81. The number of ether oxygens (including phenoxy) is 1. The van der Waals surface area contributed by atoms with Crippen molar-refractivity contribution < 1.29 is 4.74 Å². The van der Waals surface area contributed by atoms with Crippen LogP contribution in [0.5, 0.6) is 0 Å². The molecule has 0 aromatic rings. The third-order valence-corrected chi connectivity index (χ3v) is 3.85. The number of methoxy groups -OCH3 is 1. The SMILES string of the molecule is COC1=C2CC(C[C@H]1C)C2(C)C. The highest BCUT2D eigenvalue weighted by Gasteiger charge is 2.50. The van der Waals surface area contributed by atoms with Crippen molar-refractivity contribution in [3.05, 3.63) is 11.3 Å². The molecule has 3 rings (SSSR count). The van der Waals surface area contributed by atoms with Gasteiger partial charge in [0.05, 0.1) is 12.9 Å². The van der Waals surface area contributed by atoms with E-state index in [4.69, 9.17) is 4.74 Å². The van der Waals surface area contributed by atoms with Crippen LogP contribution < -0.4 is 0 Å². The topological polar surface area (TPSA) is 9.23 Å². The molecule has 2 atom stereocenters. The molecule has 1 unspecified atom stereocenters. The quantitative estimate of drug-likeness (QED) is 0.582. The molecule has 0 amide bonds. The molecule has 0 saturated heterocycles. The second-order valence-corrected chi connectivity index (χ2v) is 4.81. The van der Waals surface area contributed by atoms with Gasteiger partial charge < -0.3 is 4.74 Å². The van der Waals surface area contributed by atoms with E-state index in [1.807, 2.05) is 7.11 Å². The van der Waals surface area contributed by atoms with E-state index in [0.29, 0.717) is 11.3 Å². The average molecular weight is 166 g/mol. The van der Waals surface area contributed by atoms with Gasteiger partial charge in [-0.25, -0.2) is 0 Å². The van der Waals surface area contributed by atoms with Crippen molar-refractivity contribution in [1.82, 2.24) is 0 Å². The fraction of sp³-hybridized carbons (Fsp3) is 0.818. The Morgan fingerprint density at radius 1 is 1.42 bits per heavy atom. The van der Waals surface area contributed by atoms with Crippen LogP contribution in [-0.2, 0) is 4.74 Å². The first kappa shape index (κ1) is 8.15. The summed E-state index contributed by atoms with van der Waals surface area (Å²) in [5.74, 6) is 2.86. The van der Waals surface area contributed by atoms with Crippen molar-refractivity contribution in [3.63, 3.8) is 0 Å². The van der Waals surface area contributed by atoms with Crippen molar-refractivity contribution >= 4 is 0 Å². The maximum absolute atomic E-state index is 5.47. The molecule has 2 bridgehead atoms. The molecular formula is C11H18O. The smallest absolute Gasteiger partial charge is 0.0981 e. The normalized spacial score (nSPS) is 37.7. The standard InChI is InChI=1S/C11H18O/c1-7-5-8-6-9(10(7)12-4)11(8,2)3/h7-8H,5-6H2,1-4H3/t7-,8?/m1/s1. The largest absolute Gasteiger partial charge is 0.501 e. The molecule has 12 heavy (non-hydrogen) atoms. The second kappa shape index (κ2) is 2.27. The zero-order valence-corrected chi connectivity index (χ0v) is 8.48. The molecule has 1 heteroatoms. The minimum atomic E-state index is 0.442. The fourth-order valence-corrected chi connectivity index (χ4v) is 2.83. The highest BCUT2D eigenvalue weighted by Crippen LogP contribution is 2.59. The van der Waals surface area contributed by atoms with Gasteiger partial charge in [-0.3, -0.25) is 0 Å². The van der Waals surface area contributed by atoms with Gasteiger partial charge in [0, 0.05) is 5.92 Å². The Morgan fingerprint density at radius 2 is 2.08 bits per heavy atom. The lowest BCUT2D eigenvalue weighted by atomic mass is 9.52. The van der Waals surface area contributed by atoms with Gasteiger partial charge in [0.25, 0.3) is 0 Å². The molecule has 0 N–H and O–H groups in total. The third-order valence-electron chi connectivity index (χ3n) is 3.85. The molecule has 1 fully saturated rings. The molecule has 1 saturated carbocycles. The Bertz CT molecular complexity index is 237. The number of hydrogen-bond acceptors (Lipinski definition) is 1. The summed E-state index contributed by atoms with van der Waals surface area (Å²) >= 11 is 0. The van der Waals surface area contributed by atoms with Crippen LogP contribution in [0.15, 0.2) is 11.3 Å². The zero-order chi connectivity index (χ0) is 8.93. The van der Waals surface area contributed by atoms with Crippen LogP contribution in [0.25, 0.3) is 0 Å². The van der Waals surface area contributed by atoms with Crippen LogP contribution in [0.1, 0.15) is 33.6 Å². The monoisotopic (exact) mass is 166 g/mol. The van der Waals surface area contributed by atoms with Gasteiger partial charge in [-0.05, 0) is 29.7 Å². The Balaban J connectivity index is 2.37. The minimum absolute atomic E-state index is 0.442. The first-order valence-corrected chi connectivity index (χ1v) is 4.85. The fourth-order valence-electron chi connectivity index (χ4n) is 2.83. The van der Waals surface area contributed by atoms with Crippen LogP contribution in [0, 0.1) is 17.3 Å². The summed E-state index contributed by atoms with van der Waals surface area (Å²) < 4.78 is 5.47. The summed E-state index contributed by atoms with van der Waals surface area (Å²) in [6.07, 6.45) is 2.61. The lowest BCUT2D eigenvalue weighted by Crippen LogP contribution is -2.44. The van der Waals surface area contributed by atoms with E-state index in [0.717, 1.165) is 5.92 Å². The molecule has 0 heterocycles. The summed E-state index contributed by atoms with van der Waals surface area (Å²) in [5.41, 5.74) is 2.02. The summed E-state index contributed by atoms with van der Waals surface area (Å²) in [7, 11) is 1.81. The number of hydrogen-bond donors (Lipinski definition) is 0. The van der Waals surface area contributed by atoms with Gasteiger partial charge in [-0.15, -0.1) is 0 Å². The highest BCUT2D eigenvalue weighted by molar-refractivity contribution is 5.32. The molecule has 0 radical (unpaired) electrons. The van der Waals surface area contributed by atoms with Crippen molar-refractivity contribution in [2.75, 3.05) is 7.11 Å². The predicted octanol–water partition coefficient (Wildman–Crippen LogP) is 2.97. The van der Waals surface area contributed by atoms with Crippen LogP contribution >= 0.6 is 0 Å². The summed E-state index contributed by atoms with van der Waals surface area (Å²) in [6, 6.07) is 0. The van der Waals surface area contributed by atoms with Crippen molar-refractivity contribution in [3.8, 4) is 0 Å². The Morgan fingerprint density at radius 3 is 2.50 bits per heavy atom. The van der Waals surface area contributed by atoms with Gasteiger partial charge >= 0.3 is 0 Å². The molecule has 1 nitrogen and oxygen atoms in total. The van der Waals surface area contributed by atoms with E-state index in [-0.39, 0.29) is 0 Å². The first-order chi connectivity index (χ1) is 5.57. The molecule has 0 aromatic heterocycles. The molecular weight excluding hydrogens is 148 g/mol. The summed E-state index contributed by atoms with van der Waals surface area (Å²) in [4.78, 5) is 0. The van der Waals surface area contributed by atoms with E-state index < -0.39 is 0 Å².